The Morgan fingerprint density at radius 2 is 1.42 bits per heavy atom. The van der Waals surface area contributed by atoms with Crippen molar-refractivity contribution in [3.63, 3.8) is 0 Å². The van der Waals surface area contributed by atoms with E-state index in [0.29, 0.717) is 0 Å². The van der Waals surface area contributed by atoms with E-state index in [1.165, 1.54) is 0 Å². The van der Waals surface area contributed by atoms with Crippen molar-refractivity contribution in [2.24, 2.45) is 0 Å². The molecule has 0 aromatic rings. The average Bonchev–Trinajstić information content (AvgIpc) is 2.22. The van der Waals surface area contributed by atoms with E-state index in [9.17, 15) is 14.7 Å². The van der Waals surface area contributed by atoms with E-state index < -0.39 is 39.2 Å². The van der Waals surface area contributed by atoms with Crippen molar-refractivity contribution in [1.82, 2.24) is 0 Å². The maximum atomic E-state index is 9.95. The van der Waals surface area contributed by atoms with E-state index in [0.717, 1.165) is 6.55 Å². The van der Waals surface area contributed by atoms with Gasteiger partial charge in [-0.05, 0) is 0 Å². The van der Waals surface area contributed by atoms with Crippen LogP contribution < -0.4 is 34.7 Å². The van der Waals surface area contributed by atoms with Crippen LogP contribution in [0.3, 0.4) is 0 Å². The predicted octanol–water partition coefficient (Wildman–Crippen LogP) is -9.09. The molecular weight excluding hydrogens is 295 g/mol. The number of carboxylic acids is 1. The summed E-state index contributed by atoms with van der Waals surface area (Å²) in [5.74, 6) is -2.01. The first-order valence-corrected chi connectivity index (χ1v) is 6.81. The van der Waals surface area contributed by atoms with E-state index in [-0.39, 0.29) is 35.8 Å². The molecule has 0 amide bonds. The van der Waals surface area contributed by atoms with Crippen molar-refractivity contribution >= 4 is 21.1 Å². The normalized spacial score (nSPS) is 16.8. The quantitative estimate of drug-likeness (QED) is 0.189. The van der Waals surface area contributed by atoms with Crippen LogP contribution in [0.4, 0.5) is 0 Å². The Balaban J connectivity index is -0.000000366. The minimum atomic E-state index is -3.61. The molecule has 19 heavy (non-hydrogen) atoms. The number of hydrogen-bond acceptors (Lipinski definition) is 10. The Labute approximate surface area is 131 Å². The summed E-state index contributed by atoms with van der Waals surface area (Å²) in [7, 11) is -3.61. The number of carboxylic acid groups (broad SMARTS) is 1. The number of aliphatic hydroxyl groups excluding tert-OH is 4. The summed E-state index contributed by atoms with van der Waals surface area (Å²) in [5, 5.41) is 44.8. The van der Waals surface area contributed by atoms with Gasteiger partial charge in [0.25, 0.3) is 0 Å². The Morgan fingerprint density at radius 1 is 1.11 bits per heavy atom. The molecule has 12 heteroatoms. The maximum absolute atomic E-state index is 9.95. The molecule has 0 heterocycles. The molecule has 0 fully saturated rings. The number of aliphatic carboxylic acids is 1. The van der Waals surface area contributed by atoms with Crippen molar-refractivity contribution in [3.8, 4) is 0 Å². The third-order valence-corrected chi connectivity index (χ3v) is 1.40. The van der Waals surface area contributed by atoms with Gasteiger partial charge in [-0.15, -0.1) is 0 Å². The molecule has 0 aliphatic carbocycles. The summed E-state index contributed by atoms with van der Waals surface area (Å²) < 4.78 is 0. The Kier molecular flexibility index (Phi) is 13.7. The summed E-state index contributed by atoms with van der Waals surface area (Å²) in [6, 6.07) is 0. The number of rotatable bonds is 5. The number of hydrogen-bond donors (Lipinski definition) is 7. The first-order chi connectivity index (χ1) is 7.91. The molecule has 0 bridgehead atoms. The largest absolute Gasteiger partial charge is 1.00 e. The number of carbonyl (C=O) groups is 2. The minimum Gasteiger partial charge on any atom is -0.547 e. The third-order valence-electron chi connectivity index (χ3n) is 1.40. The summed E-state index contributed by atoms with van der Waals surface area (Å²) in [6.07, 6.45) is -8.65. The predicted molar refractivity (Wildman–Crippen MR) is 53.4 cm³/mol. The molecule has 0 unspecified atom stereocenters. The van der Waals surface area contributed by atoms with E-state index >= 15 is 0 Å². The fraction of sp³-hybridized carbons (Fsp3) is 0.714. The van der Waals surface area contributed by atoms with Crippen LogP contribution in [-0.2, 0) is 9.59 Å². The average molecular weight is 310 g/mol. The molecule has 0 aliphatic heterocycles. The topological polar surface area (TPSA) is 199 Å². The number of aliphatic hydroxyl groups is 4. The smallest absolute Gasteiger partial charge is 0.547 e. The molecule has 0 aromatic heterocycles. The van der Waals surface area contributed by atoms with Gasteiger partial charge in [0.15, 0.2) is 6.29 Å². The van der Waals surface area contributed by atoms with Crippen molar-refractivity contribution < 1.29 is 79.1 Å². The fourth-order valence-corrected chi connectivity index (χ4v) is 0.609. The van der Waals surface area contributed by atoms with Crippen LogP contribution in [0, 0.1) is 0 Å². The van der Waals surface area contributed by atoms with Crippen molar-refractivity contribution in [3.05, 3.63) is 0 Å². The second-order valence-electron chi connectivity index (χ2n) is 3.34. The summed E-state index contributed by atoms with van der Waals surface area (Å²) in [6.45, 7) is 0.993. The zero-order valence-electron chi connectivity index (χ0n) is 10.2. The van der Waals surface area contributed by atoms with Crippen molar-refractivity contribution in [1.29, 1.82) is 0 Å². The Bertz CT molecular complexity index is 263. The van der Waals surface area contributed by atoms with Crippen molar-refractivity contribution in [2.75, 3.05) is 0 Å². The van der Waals surface area contributed by atoms with Gasteiger partial charge in [-0.2, -0.15) is 0 Å². The first kappa shape index (κ1) is 24.1. The van der Waals surface area contributed by atoms with Crippen LogP contribution in [0.25, 0.3) is 0 Å². The van der Waals surface area contributed by atoms with Crippen LogP contribution in [0.15, 0.2) is 0 Å². The van der Waals surface area contributed by atoms with E-state index in [1.807, 2.05) is 0 Å². The Morgan fingerprint density at radius 3 is 1.63 bits per heavy atom. The van der Waals surface area contributed by atoms with Gasteiger partial charge >= 0.3 is 38.4 Å². The van der Waals surface area contributed by atoms with Gasteiger partial charge in [0.2, 0.25) is 0 Å². The van der Waals surface area contributed by atoms with Gasteiger partial charge in [0.05, 0.1) is 5.97 Å². The number of aldehydes is 1. The monoisotopic (exact) mass is 310 g/mol. The second-order valence-corrected chi connectivity index (χ2v) is 5.28. The fourth-order valence-electron chi connectivity index (χ4n) is 0.609. The minimum absolute atomic E-state index is 0. The van der Waals surface area contributed by atoms with Gasteiger partial charge in [-0.3, -0.25) is 0 Å². The molecule has 10 nitrogen and oxygen atoms in total. The van der Waals surface area contributed by atoms with Gasteiger partial charge in [-0.1, -0.05) is 0 Å². The molecule has 108 valence electrons. The molecule has 7 N–H and O–H groups in total. The standard InChI is InChI=1S/C6H10O7.CH6O3Si.Na/c7-1-2(8)3(9)4(10)5(11)6(12)13;1-5(2,3)4;/h1-5,8-11H,(H,12,13);2-4H,1H3;/q;;+1/p-1/t2-,3-,4+,5+;;/m1../s1. The van der Waals surface area contributed by atoms with Gasteiger partial charge < -0.3 is 49.5 Å². The molecule has 0 rings (SSSR count). The molecule has 0 saturated carbocycles. The molecule has 0 aliphatic rings. The van der Waals surface area contributed by atoms with E-state index in [1.54, 1.807) is 0 Å². The molecule has 4 atom stereocenters. The summed E-state index contributed by atoms with van der Waals surface area (Å²) in [5.41, 5.74) is 0. The van der Waals surface area contributed by atoms with Crippen LogP contribution >= 0.6 is 0 Å². The van der Waals surface area contributed by atoms with E-state index in [4.69, 9.17) is 34.8 Å². The first-order valence-electron chi connectivity index (χ1n) is 4.47. The molecule has 0 saturated heterocycles. The SMILES string of the molecule is C[Si](O)(O)O.O=C[C@@H](O)[C@@H](O)[C@H](O)[C@H](O)C(=O)[O-].[Na+]. The zero-order valence-corrected chi connectivity index (χ0v) is 13.2. The zero-order chi connectivity index (χ0) is 15.1. The van der Waals surface area contributed by atoms with Crippen LogP contribution in [-0.4, -0.2) is 80.3 Å². The Hall–Kier alpha value is 0.0769. The second kappa shape index (κ2) is 10.8. The molecule has 0 spiro atoms. The summed E-state index contributed by atoms with van der Waals surface area (Å²) >= 11 is 0. The van der Waals surface area contributed by atoms with Crippen LogP contribution in [0.1, 0.15) is 0 Å². The van der Waals surface area contributed by atoms with Crippen LogP contribution in [0.5, 0.6) is 0 Å². The third kappa shape index (κ3) is 14.3. The van der Waals surface area contributed by atoms with E-state index in [2.05, 4.69) is 0 Å². The van der Waals surface area contributed by atoms with Gasteiger partial charge in [-0.25, -0.2) is 0 Å². The maximum Gasteiger partial charge on any atom is 1.00 e. The molecular formula is C7H15NaO10Si. The number of carbonyl (C=O) groups excluding carboxylic acids is 2. The molecule has 0 aromatic carbocycles. The molecule has 0 radical (unpaired) electrons. The van der Waals surface area contributed by atoms with Gasteiger partial charge in [0.1, 0.15) is 24.4 Å². The van der Waals surface area contributed by atoms with Crippen molar-refractivity contribution in [2.45, 2.75) is 31.0 Å². The van der Waals surface area contributed by atoms with Gasteiger partial charge in [0, 0.05) is 6.55 Å². The summed E-state index contributed by atoms with van der Waals surface area (Å²) in [4.78, 5) is 43.1. The van der Waals surface area contributed by atoms with Crippen LogP contribution in [0.2, 0.25) is 6.55 Å².